The summed E-state index contributed by atoms with van der Waals surface area (Å²) in [5.74, 6) is 0. The largest absolute Gasteiger partial charge is 0.373 e. The molecule has 0 saturated carbocycles. The Kier molecular flexibility index (Phi) is 15.9. The van der Waals surface area contributed by atoms with Crippen LogP contribution in [-0.2, 0) is 29.1 Å². The average Bonchev–Trinajstić information content (AvgIpc) is 2.31. The van der Waals surface area contributed by atoms with Gasteiger partial charge in [0.05, 0.1) is 0 Å². The second-order valence-corrected chi connectivity index (χ2v) is 18.9. The Bertz CT molecular complexity index is 356. The molecule has 0 bridgehead atoms. The first-order chi connectivity index (χ1) is 11.4. The summed E-state index contributed by atoms with van der Waals surface area (Å²) >= 11 is 0. The van der Waals surface area contributed by atoms with E-state index in [1.165, 1.54) is 25.2 Å². The van der Waals surface area contributed by atoms with Crippen molar-refractivity contribution in [2.45, 2.75) is 117 Å². The molecule has 1 radical (unpaired) electrons. The Morgan fingerprint density at radius 3 is 0.926 bits per heavy atom. The second kappa shape index (κ2) is 13.2. The van der Waals surface area contributed by atoms with Crippen LogP contribution < -0.4 is 0 Å². The van der Waals surface area contributed by atoms with Crippen molar-refractivity contribution in [1.82, 2.24) is 0 Å². The molecule has 0 unspecified atom stereocenters. The molecule has 165 valence electrons. The van der Waals surface area contributed by atoms with E-state index < -0.39 is 0 Å². The van der Waals surface area contributed by atoms with Gasteiger partial charge in [0.2, 0.25) is 0 Å². The van der Waals surface area contributed by atoms with Crippen LogP contribution in [0.25, 0.3) is 0 Å². The molecule has 0 aliphatic rings. The third-order valence-corrected chi connectivity index (χ3v) is 12.2. The summed E-state index contributed by atoms with van der Waals surface area (Å²) in [4.78, 5) is 16.2. The number of hydrogen-bond donors (Lipinski definition) is 0. The van der Waals surface area contributed by atoms with E-state index in [2.05, 4.69) is 89.5 Å². The molecule has 0 aliphatic heterocycles. The Morgan fingerprint density at radius 2 is 0.778 bits per heavy atom. The molecule has 0 amide bonds. The molecular weight excluding hydrogens is 461 g/mol. The minimum Gasteiger partial charge on any atom is -0.328 e. The van der Waals surface area contributed by atoms with Gasteiger partial charge in [-0.05, 0) is 20.6 Å². The number of unbranched alkanes of at least 4 members (excludes halogenated alkanes) is 2. The van der Waals surface area contributed by atoms with Gasteiger partial charge in [-0.2, -0.15) is 22.4 Å². The van der Waals surface area contributed by atoms with Crippen molar-refractivity contribution in [2.24, 2.45) is 0 Å². The van der Waals surface area contributed by atoms with E-state index >= 15 is 0 Å². The van der Waals surface area contributed by atoms with E-state index in [9.17, 15) is 0 Å². The molecule has 27 heavy (non-hydrogen) atoms. The van der Waals surface area contributed by atoms with Crippen LogP contribution >= 0.6 is 15.8 Å². The maximum absolute atomic E-state index is 8.12. The molecule has 2 nitrogen and oxygen atoms in total. The van der Waals surface area contributed by atoms with Crippen LogP contribution in [-0.4, -0.2) is 39.1 Å². The quantitative estimate of drug-likeness (QED) is 0.161. The smallest absolute Gasteiger partial charge is 0.328 e. The predicted molar refractivity (Wildman–Crippen MR) is 121 cm³/mol. The van der Waals surface area contributed by atoms with Crippen LogP contribution in [0.1, 0.15) is 95.9 Å². The third kappa shape index (κ3) is 15.4. The SMILES string of the molecule is CC(C)(C)P(CC[CH-]CCP(C(C)(C)C)C(C)(C)C)C(C)(C)C.O=C=O.[Rh]. The topological polar surface area (TPSA) is 34.1 Å². The zero-order valence-electron chi connectivity index (χ0n) is 20.0. The predicted octanol–water partition coefficient (Wildman–Crippen LogP) is 7.54. The molecule has 0 atom stereocenters. The summed E-state index contributed by atoms with van der Waals surface area (Å²) in [5.41, 5.74) is 0. The van der Waals surface area contributed by atoms with Gasteiger partial charge in [-0.15, -0.1) is 0 Å². The van der Waals surface area contributed by atoms with Crippen molar-refractivity contribution >= 4 is 22.0 Å². The third-order valence-electron chi connectivity index (χ3n) is 4.35. The molecule has 0 fully saturated rings. The molecule has 0 heterocycles. The Morgan fingerprint density at radius 1 is 0.593 bits per heavy atom. The van der Waals surface area contributed by atoms with Gasteiger partial charge >= 0.3 is 6.15 Å². The summed E-state index contributed by atoms with van der Waals surface area (Å²) in [5, 5.41) is 1.85. The summed E-state index contributed by atoms with van der Waals surface area (Å²) in [6.07, 6.45) is 8.24. The monoisotopic (exact) mass is 506 g/mol. The summed E-state index contributed by atoms with van der Waals surface area (Å²) in [6, 6.07) is 0. The van der Waals surface area contributed by atoms with Crippen molar-refractivity contribution < 1.29 is 29.1 Å². The van der Waals surface area contributed by atoms with Crippen molar-refractivity contribution in [1.29, 1.82) is 0 Å². The van der Waals surface area contributed by atoms with E-state index in [-0.39, 0.29) is 41.5 Å². The van der Waals surface area contributed by atoms with Gasteiger partial charge in [0.1, 0.15) is 0 Å². The van der Waals surface area contributed by atoms with Crippen molar-refractivity contribution in [3.8, 4) is 0 Å². The molecule has 0 aromatic carbocycles. The van der Waals surface area contributed by atoms with Gasteiger partial charge in [-0.1, -0.05) is 111 Å². The van der Waals surface area contributed by atoms with Crippen molar-refractivity contribution in [3.63, 3.8) is 0 Å². The standard InChI is InChI=1S/C21H45P2.CO2.Rh/c1-18(2,3)22(19(4,5)6)16-14-13-15-17-23(20(7,8)9)21(10,11)12;2-1-3;/h13H,14-17H2,1-12H3;;/q-1;;. The van der Waals surface area contributed by atoms with E-state index in [4.69, 9.17) is 9.59 Å². The normalized spacial score (nSPS) is 13.0. The number of hydrogen-bond acceptors (Lipinski definition) is 2. The number of carbonyl (C=O) groups excluding carboxylic acids is 2. The van der Waals surface area contributed by atoms with Crippen LogP contribution in [0, 0.1) is 6.42 Å². The van der Waals surface area contributed by atoms with E-state index in [0.29, 0.717) is 20.6 Å². The first kappa shape index (κ1) is 32.5. The zero-order chi connectivity index (χ0) is 21.4. The fourth-order valence-corrected chi connectivity index (χ4v) is 11.5. The summed E-state index contributed by atoms with van der Waals surface area (Å²) in [6.45, 7) is 29.2. The zero-order valence-corrected chi connectivity index (χ0v) is 23.4. The molecule has 0 saturated heterocycles. The van der Waals surface area contributed by atoms with Crippen molar-refractivity contribution in [2.75, 3.05) is 12.3 Å². The molecule has 0 aliphatic carbocycles. The second-order valence-electron chi connectivity index (χ2n) is 10.9. The van der Waals surface area contributed by atoms with Crippen LogP contribution in [0.3, 0.4) is 0 Å². The van der Waals surface area contributed by atoms with E-state index in [1.54, 1.807) is 0 Å². The number of rotatable bonds is 6. The van der Waals surface area contributed by atoms with Gasteiger partial charge in [-0.3, -0.25) is 0 Å². The first-order valence-corrected chi connectivity index (χ1v) is 12.8. The van der Waals surface area contributed by atoms with Crippen LogP contribution in [0.5, 0.6) is 0 Å². The summed E-state index contributed by atoms with van der Waals surface area (Å²) < 4.78 is 0. The fourth-order valence-electron chi connectivity index (χ4n) is 3.94. The molecule has 0 spiro atoms. The fraction of sp³-hybridized carbons (Fsp3) is 0.909. The first-order valence-electron chi connectivity index (χ1n) is 9.75. The Labute approximate surface area is 186 Å². The van der Waals surface area contributed by atoms with Gasteiger partial charge in [0.25, 0.3) is 0 Å². The van der Waals surface area contributed by atoms with Crippen LogP contribution in [0.2, 0.25) is 0 Å². The molecular formula is C22H45O2P2Rh-. The van der Waals surface area contributed by atoms with Gasteiger partial charge < -0.3 is 6.42 Å². The minimum absolute atomic E-state index is 0. The summed E-state index contributed by atoms with van der Waals surface area (Å²) in [7, 11) is 0.108. The van der Waals surface area contributed by atoms with E-state index in [0.717, 1.165) is 0 Å². The average molecular weight is 506 g/mol. The van der Waals surface area contributed by atoms with Gasteiger partial charge in [0, 0.05) is 19.5 Å². The molecule has 0 aromatic rings. The molecule has 0 rings (SSSR count). The maximum Gasteiger partial charge on any atom is 0.373 e. The van der Waals surface area contributed by atoms with Gasteiger partial charge in [-0.25, -0.2) is 0 Å². The van der Waals surface area contributed by atoms with Gasteiger partial charge in [0.15, 0.2) is 0 Å². The minimum atomic E-state index is 0. The molecule has 0 N–H and O–H groups in total. The van der Waals surface area contributed by atoms with Crippen LogP contribution in [0.4, 0.5) is 0 Å². The molecule has 5 heteroatoms. The molecule has 0 aromatic heterocycles. The Hall–Kier alpha value is 0.863. The Balaban J connectivity index is -0.00000134. The van der Waals surface area contributed by atoms with Crippen molar-refractivity contribution in [3.05, 3.63) is 6.42 Å². The van der Waals surface area contributed by atoms with E-state index in [1.807, 2.05) is 0 Å². The van der Waals surface area contributed by atoms with Crippen LogP contribution in [0.15, 0.2) is 0 Å². The maximum atomic E-state index is 8.12.